The minimum Gasteiger partial charge on any atom is -0.497 e. The topological polar surface area (TPSA) is 85.5 Å². The molecule has 0 spiro atoms. The van der Waals surface area contributed by atoms with E-state index in [4.69, 9.17) is 9.15 Å². The summed E-state index contributed by atoms with van der Waals surface area (Å²) in [7, 11) is -1.94. The molecule has 0 fully saturated rings. The largest absolute Gasteiger partial charge is 0.497 e. The number of benzene rings is 2. The summed E-state index contributed by atoms with van der Waals surface area (Å²) in [6, 6.07) is 14.1. The van der Waals surface area contributed by atoms with Crippen LogP contribution < -0.4 is 9.04 Å². The lowest BCUT2D eigenvalue weighted by atomic mass is 10.2. The Morgan fingerprint density at radius 1 is 1.15 bits per heavy atom. The maximum Gasteiger partial charge on any atom is 0.247 e. The summed E-state index contributed by atoms with van der Waals surface area (Å²) in [5, 5.41) is 7.97. The van der Waals surface area contributed by atoms with Crippen molar-refractivity contribution in [3.8, 4) is 17.2 Å². The van der Waals surface area contributed by atoms with Gasteiger partial charge in [0.25, 0.3) is 0 Å². The summed E-state index contributed by atoms with van der Waals surface area (Å²) in [5.74, 6) is 1.22. The number of ether oxygens (including phenoxy) is 1. The molecular weight excluding hydrogens is 422 g/mol. The molecule has 0 atom stereocenters. The quantitative estimate of drug-likeness (QED) is 0.586. The summed E-state index contributed by atoms with van der Waals surface area (Å²) in [6.45, 7) is -0.0571. The fraction of sp³-hybridized carbons (Fsp3) is 0.176. The van der Waals surface area contributed by atoms with Crippen molar-refractivity contribution in [1.29, 1.82) is 0 Å². The van der Waals surface area contributed by atoms with Crippen molar-refractivity contribution in [1.82, 2.24) is 10.2 Å². The second-order valence-electron chi connectivity index (χ2n) is 5.48. The van der Waals surface area contributed by atoms with E-state index >= 15 is 0 Å². The van der Waals surface area contributed by atoms with E-state index in [0.717, 1.165) is 16.3 Å². The van der Waals surface area contributed by atoms with Crippen LogP contribution in [0, 0.1) is 0 Å². The fourth-order valence-corrected chi connectivity index (χ4v) is 3.55. The van der Waals surface area contributed by atoms with E-state index in [2.05, 4.69) is 26.1 Å². The van der Waals surface area contributed by atoms with Crippen molar-refractivity contribution < 1.29 is 17.6 Å². The number of aromatic nitrogens is 2. The van der Waals surface area contributed by atoms with Gasteiger partial charge in [-0.05, 0) is 42.5 Å². The molecule has 0 N–H and O–H groups in total. The first-order chi connectivity index (χ1) is 12.4. The number of hydrogen-bond acceptors (Lipinski definition) is 6. The Labute approximate surface area is 159 Å². The SMILES string of the molecule is COc1ccc(-c2nnc(CN(c3cccc(Br)c3)S(C)(=O)=O)o2)cc1. The van der Waals surface area contributed by atoms with E-state index < -0.39 is 10.0 Å². The van der Waals surface area contributed by atoms with Crippen molar-refractivity contribution in [3.63, 3.8) is 0 Å². The van der Waals surface area contributed by atoms with E-state index in [-0.39, 0.29) is 12.4 Å². The molecule has 1 heterocycles. The highest BCUT2D eigenvalue weighted by atomic mass is 79.9. The molecule has 0 saturated carbocycles. The lowest BCUT2D eigenvalue weighted by Gasteiger charge is -2.20. The Balaban J connectivity index is 1.87. The van der Waals surface area contributed by atoms with Gasteiger partial charge in [0, 0.05) is 10.0 Å². The monoisotopic (exact) mass is 437 g/mol. The van der Waals surface area contributed by atoms with Crippen LogP contribution in [-0.2, 0) is 16.6 Å². The van der Waals surface area contributed by atoms with Gasteiger partial charge >= 0.3 is 0 Å². The van der Waals surface area contributed by atoms with Gasteiger partial charge < -0.3 is 9.15 Å². The van der Waals surface area contributed by atoms with Crippen molar-refractivity contribution in [2.24, 2.45) is 0 Å². The molecule has 1 aromatic heterocycles. The minimum absolute atomic E-state index is 0.0571. The second-order valence-corrected chi connectivity index (χ2v) is 8.30. The highest BCUT2D eigenvalue weighted by Crippen LogP contribution is 2.25. The normalized spacial score (nSPS) is 11.3. The van der Waals surface area contributed by atoms with E-state index in [0.29, 0.717) is 17.3 Å². The van der Waals surface area contributed by atoms with E-state index in [9.17, 15) is 8.42 Å². The highest BCUT2D eigenvalue weighted by molar-refractivity contribution is 9.10. The summed E-state index contributed by atoms with van der Waals surface area (Å²) >= 11 is 3.35. The lowest BCUT2D eigenvalue weighted by Crippen LogP contribution is -2.29. The van der Waals surface area contributed by atoms with E-state index in [1.807, 2.05) is 6.07 Å². The molecule has 0 bridgehead atoms. The molecule has 26 heavy (non-hydrogen) atoms. The number of hydrogen-bond donors (Lipinski definition) is 0. The molecule has 9 heteroatoms. The van der Waals surface area contributed by atoms with Crippen LogP contribution in [0.25, 0.3) is 11.5 Å². The van der Waals surface area contributed by atoms with Gasteiger partial charge in [0.1, 0.15) is 12.3 Å². The first kappa shape index (κ1) is 18.4. The van der Waals surface area contributed by atoms with E-state index in [1.165, 1.54) is 4.31 Å². The zero-order valence-electron chi connectivity index (χ0n) is 14.1. The smallest absolute Gasteiger partial charge is 0.247 e. The number of halogens is 1. The molecule has 0 aliphatic carbocycles. The first-order valence-corrected chi connectivity index (χ1v) is 10.2. The van der Waals surface area contributed by atoms with Crippen LogP contribution in [0.1, 0.15) is 5.89 Å². The Morgan fingerprint density at radius 3 is 2.50 bits per heavy atom. The molecule has 136 valence electrons. The van der Waals surface area contributed by atoms with Crippen molar-refractivity contribution in [2.45, 2.75) is 6.54 Å². The Hall–Kier alpha value is -2.39. The van der Waals surface area contributed by atoms with E-state index in [1.54, 1.807) is 49.6 Å². The molecule has 0 unspecified atom stereocenters. The molecule has 0 aliphatic heterocycles. The molecule has 0 radical (unpaired) electrons. The van der Waals surface area contributed by atoms with Crippen LogP contribution in [-0.4, -0.2) is 32.0 Å². The molecule has 2 aromatic carbocycles. The molecule has 0 aliphatic rings. The van der Waals surface area contributed by atoms with Crippen molar-refractivity contribution in [3.05, 3.63) is 58.9 Å². The van der Waals surface area contributed by atoms with Crippen LogP contribution in [0.15, 0.2) is 57.4 Å². The molecule has 3 aromatic rings. The van der Waals surface area contributed by atoms with Crippen LogP contribution in [0.4, 0.5) is 5.69 Å². The Morgan fingerprint density at radius 2 is 1.88 bits per heavy atom. The van der Waals surface area contributed by atoms with Gasteiger partial charge in [0.2, 0.25) is 21.8 Å². The summed E-state index contributed by atoms with van der Waals surface area (Å²) in [5.41, 5.74) is 1.23. The average molecular weight is 438 g/mol. The summed E-state index contributed by atoms with van der Waals surface area (Å²) in [6.07, 6.45) is 1.13. The van der Waals surface area contributed by atoms with Gasteiger partial charge in [-0.1, -0.05) is 22.0 Å². The number of rotatable bonds is 6. The third-order valence-corrected chi connectivity index (χ3v) is 5.21. The van der Waals surface area contributed by atoms with Crippen LogP contribution in [0.2, 0.25) is 0 Å². The van der Waals surface area contributed by atoms with Crippen LogP contribution in [0.5, 0.6) is 5.75 Å². The first-order valence-electron chi connectivity index (χ1n) is 7.57. The van der Waals surface area contributed by atoms with Gasteiger partial charge in [-0.25, -0.2) is 8.42 Å². The fourth-order valence-electron chi connectivity index (χ4n) is 2.32. The van der Waals surface area contributed by atoms with Gasteiger partial charge in [0.05, 0.1) is 19.1 Å². The second kappa shape index (κ2) is 7.46. The molecule has 0 saturated heterocycles. The zero-order valence-corrected chi connectivity index (χ0v) is 16.5. The number of nitrogens with zero attached hydrogens (tertiary/aromatic N) is 3. The minimum atomic E-state index is -3.53. The molecular formula is C17H16BrN3O4S. The van der Waals surface area contributed by atoms with Crippen LogP contribution in [0.3, 0.4) is 0 Å². The standard InChI is InChI=1S/C17H16BrN3O4S/c1-24-15-8-6-12(7-9-15)17-20-19-16(25-17)11-21(26(2,22)23)14-5-3-4-13(18)10-14/h3-10H,11H2,1-2H3. The van der Waals surface area contributed by atoms with Gasteiger partial charge in [-0.2, -0.15) is 0 Å². The predicted octanol–water partition coefficient (Wildman–Crippen LogP) is 3.47. The summed E-state index contributed by atoms with van der Waals surface area (Å²) < 4.78 is 37.1. The summed E-state index contributed by atoms with van der Waals surface area (Å²) in [4.78, 5) is 0. The Kier molecular flexibility index (Phi) is 5.28. The van der Waals surface area contributed by atoms with Crippen molar-refractivity contribution in [2.75, 3.05) is 17.7 Å². The van der Waals surface area contributed by atoms with Crippen molar-refractivity contribution >= 4 is 31.6 Å². The zero-order chi connectivity index (χ0) is 18.7. The maximum atomic E-state index is 12.2. The third kappa shape index (κ3) is 4.23. The maximum absolute atomic E-state index is 12.2. The number of anilines is 1. The van der Waals surface area contributed by atoms with Gasteiger partial charge in [-0.15, -0.1) is 10.2 Å². The third-order valence-electron chi connectivity index (χ3n) is 3.58. The molecule has 0 amide bonds. The predicted molar refractivity (Wildman–Crippen MR) is 101 cm³/mol. The van der Waals surface area contributed by atoms with Crippen LogP contribution >= 0.6 is 15.9 Å². The lowest BCUT2D eigenvalue weighted by molar-refractivity contribution is 0.415. The molecule has 7 nitrogen and oxygen atoms in total. The Bertz CT molecular complexity index is 1000. The highest BCUT2D eigenvalue weighted by Gasteiger charge is 2.21. The number of sulfonamides is 1. The average Bonchev–Trinajstić information content (AvgIpc) is 3.07. The number of methoxy groups -OCH3 is 1. The van der Waals surface area contributed by atoms with Gasteiger partial charge in [0.15, 0.2) is 0 Å². The molecule has 3 rings (SSSR count). The van der Waals surface area contributed by atoms with Gasteiger partial charge in [-0.3, -0.25) is 4.31 Å².